The molecule has 1 aliphatic rings. The molecule has 0 saturated carbocycles. The molecule has 0 spiro atoms. The van der Waals surface area contributed by atoms with Crippen LogP contribution in [-0.2, 0) is 18.2 Å². The van der Waals surface area contributed by atoms with Gasteiger partial charge in [0.15, 0.2) is 0 Å². The average Bonchev–Trinajstić information content (AvgIpc) is 3.47. The maximum Gasteiger partial charge on any atom is 0.229 e. The second-order valence-electron chi connectivity index (χ2n) is 10.5. The molecule has 4 heterocycles. The second kappa shape index (κ2) is 12.5. The van der Waals surface area contributed by atoms with E-state index in [4.69, 9.17) is 14.5 Å². The second-order valence-corrected chi connectivity index (χ2v) is 12.8. The highest BCUT2D eigenvalue weighted by Crippen LogP contribution is 2.41. The molecule has 0 aliphatic carbocycles. The van der Waals surface area contributed by atoms with E-state index < -0.39 is 7.92 Å². The number of aromatic nitrogens is 6. The largest absolute Gasteiger partial charge is 0.494 e. The van der Waals surface area contributed by atoms with E-state index in [9.17, 15) is 0 Å². The van der Waals surface area contributed by atoms with E-state index in [0.29, 0.717) is 24.9 Å². The number of nitrogens with zero attached hydrogens (tertiary/aromatic N) is 7. The van der Waals surface area contributed by atoms with Gasteiger partial charge in [0, 0.05) is 84.4 Å². The lowest BCUT2D eigenvalue weighted by atomic mass is 10.0. The summed E-state index contributed by atoms with van der Waals surface area (Å²) in [5, 5.41) is 12.6. The first-order valence-electron chi connectivity index (χ1n) is 14.3. The Kier molecular flexibility index (Phi) is 8.35. The van der Waals surface area contributed by atoms with Crippen molar-refractivity contribution < 1.29 is 9.47 Å². The molecule has 0 radical (unpaired) electrons. The van der Waals surface area contributed by atoms with Gasteiger partial charge in [-0.1, -0.05) is 14.8 Å². The van der Waals surface area contributed by atoms with Crippen molar-refractivity contribution in [3.8, 4) is 16.9 Å². The first-order chi connectivity index (χ1) is 20.9. The van der Waals surface area contributed by atoms with Crippen LogP contribution in [0.1, 0.15) is 12.5 Å². The van der Waals surface area contributed by atoms with E-state index in [0.717, 1.165) is 75.4 Å². The first kappa shape index (κ1) is 28.8. The average molecular weight is 598 g/mol. The Labute approximate surface area is 252 Å². The number of methoxy groups -OCH3 is 1. The summed E-state index contributed by atoms with van der Waals surface area (Å²) in [5.74, 6) is 1.91. The Hall–Kier alpha value is -4.34. The van der Waals surface area contributed by atoms with Crippen molar-refractivity contribution in [2.75, 3.05) is 62.3 Å². The van der Waals surface area contributed by atoms with Gasteiger partial charge in [0.05, 0.1) is 43.2 Å². The van der Waals surface area contributed by atoms with Crippen molar-refractivity contribution in [3.05, 3.63) is 60.8 Å². The Balaban J connectivity index is 1.38. The van der Waals surface area contributed by atoms with Crippen molar-refractivity contribution in [2.45, 2.75) is 13.3 Å². The fourth-order valence-electron chi connectivity index (χ4n) is 5.35. The lowest BCUT2D eigenvalue weighted by molar-refractivity contribution is 0.122. The van der Waals surface area contributed by atoms with Crippen LogP contribution in [0.4, 0.5) is 28.8 Å². The van der Waals surface area contributed by atoms with Gasteiger partial charge in [0.1, 0.15) is 11.6 Å². The number of hydrogen-bond donors (Lipinski definition) is 2. The summed E-state index contributed by atoms with van der Waals surface area (Å²) < 4.78 is 13.3. The van der Waals surface area contributed by atoms with Crippen LogP contribution in [0.25, 0.3) is 22.2 Å². The minimum Gasteiger partial charge on any atom is -0.494 e. The molecular formula is C31H36N9O2P. The number of hydrogen-bond acceptors (Lipinski definition) is 10. The fourth-order valence-corrected chi connectivity index (χ4v) is 6.56. The summed E-state index contributed by atoms with van der Waals surface area (Å²) in [6.45, 7) is 9.54. The van der Waals surface area contributed by atoms with Crippen LogP contribution < -0.4 is 25.6 Å². The molecule has 11 nitrogen and oxygen atoms in total. The molecule has 2 N–H and O–H groups in total. The Morgan fingerprint density at radius 2 is 1.81 bits per heavy atom. The van der Waals surface area contributed by atoms with E-state index in [2.05, 4.69) is 74.0 Å². The topological polar surface area (TPSA) is 115 Å². The fraction of sp³-hybridized carbons (Fsp3) is 0.323. The van der Waals surface area contributed by atoms with Gasteiger partial charge in [-0.15, -0.1) is 0 Å². The highest BCUT2D eigenvalue weighted by atomic mass is 31.1. The summed E-state index contributed by atoms with van der Waals surface area (Å²) in [6, 6.07) is 8.23. The van der Waals surface area contributed by atoms with Gasteiger partial charge < -0.3 is 25.0 Å². The minimum absolute atomic E-state index is 0.464. The van der Waals surface area contributed by atoms with Crippen LogP contribution in [0.3, 0.4) is 0 Å². The van der Waals surface area contributed by atoms with Crippen LogP contribution in [0.2, 0.25) is 0 Å². The van der Waals surface area contributed by atoms with Crippen molar-refractivity contribution in [3.63, 3.8) is 0 Å². The smallest absolute Gasteiger partial charge is 0.229 e. The lowest BCUT2D eigenvalue weighted by Crippen LogP contribution is -2.36. The van der Waals surface area contributed by atoms with Gasteiger partial charge in [-0.05, 0) is 37.9 Å². The number of morpholine rings is 1. The molecular weight excluding hydrogens is 561 g/mol. The molecule has 0 bridgehead atoms. The summed E-state index contributed by atoms with van der Waals surface area (Å²) in [7, 11) is 3.13. The summed E-state index contributed by atoms with van der Waals surface area (Å²) in [5.41, 5.74) is 7.70. The maximum atomic E-state index is 5.88. The number of fused-ring (bicyclic) bond motifs is 1. The van der Waals surface area contributed by atoms with E-state index in [1.165, 1.54) is 0 Å². The van der Waals surface area contributed by atoms with Gasteiger partial charge in [-0.2, -0.15) is 10.1 Å². The van der Waals surface area contributed by atoms with Crippen molar-refractivity contribution in [1.82, 2.24) is 29.7 Å². The highest BCUT2D eigenvalue weighted by molar-refractivity contribution is 7.65. The molecule has 222 valence electrons. The maximum absolute atomic E-state index is 5.88. The summed E-state index contributed by atoms with van der Waals surface area (Å²) >= 11 is 0. The molecule has 6 rings (SSSR count). The molecule has 3 aromatic heterocycles. The van der Waals surface area contributed by atoms with E-state index >= 15 is 0 Å². The molecule has 0 atom stereocenters. The van der Waals surface area contributed by atoms with E-state index in [-0.39, 0.29) is 0 Å². The van der Waals surface area contributed by atoms with Gasteiger partial charge in [-0.25, -0.2) is 4.98 Å². The lowest BCUT2D eigenvalue weighted by Gasteiger charge is -2.31. The van der Waals surface area contributed by atoms with Crippen LogP contribution in [0, 0.1) is 0 Å². The molecule has 0 unspecified atom stereocenters. The van der Waals surface area contributed by atoms with Gasteiger partial charge in [-0.3, -0.25) is 14.6 Å². The molecule has 43 heavy (non-hydrogen) atoms. The third-order valence-corrected chi connectivity index (χ3v) is 8.84. The zero-order chi connectivity index (χ0) is 29.9. The molecule has 1 fully saturated rings. The van der Waals surface area contributed by atoms with Crippen LogP contribution in [0.15, 0.2) is 55.2 Å². The highest BCUT2D eigenvalue weighted by Gasteiger charge is 2.21. The Morgan fingerprint density at radius 3 is 2.53 bits per heavy atom. The molecule has 12 heteroatoms. The predicted molar refractivity (Wildman–Crippen MR) is 174 cm³/mol. The quantitative estimate of drug-likeness (QED) is 0.223. The monoisotopic (exact) mass is 597 g/mol. The third-order valence-electron chi connectivity index (χ3n) is 7.49. The molecule has 1 aliphatic heterocycles. The number of benzene rings is 2. The SMILES string of the molecule is CCc1cnc(Nc2cc(-c3cnn(C)c3)c(N3CCOCC3)cc2OC)nc1Nc1ccc2nccnc2c1P(C)C. The zero-order valence-corrected chi connectivity index (χ0v) is 26.0. The number of anilines is 5. The van der Waals surface area contributed by atoms with Gasteiger partial charge in [0.2, 0.25) is 5.95 Å². The van der Waals surface area contributed by atoms with Gasteiger partial charge >= 0.3 is 0 Å². The van der Waals surface area contributed by atoms with Crippen LogP contribution in [-0.4, -0.2) is 76.5 Å². The van der Waals surface area contributed by atoms with Crippen molar-refractivity contribution >= 4 is 53.1 Å². The predicted octanol–water partition coefficient (Wildman–Crippen LogP) is 5.08. The van der Waals surface area contributed by atoms with Crippen LogP contribution in [0.5, 0.6) is 5.75 Å². The number of aryl methyl sites for hydroxylation is 2. The zero-order valence-electron chi connectivity index (χ0n) is 25.1. The van der Waals surface area contributed by atoms with Crippen molar-refractivity contribution in [2.24, 2.45) is 7.05 Å². The van der Waals surface area contributed by atoms with Gasteiger partial charge in [0.25, 0.3) is 0 Å². The number of nitrogens with one attached hydrogen (secondary N) is 2. The Morgan fingerprint density at radius 1 is 1.00 bits per heavy atom. The summed E-state index contributed by atoms with van der Waals surface area (Å²) in [6.07, 6.45) is 10.0. The number of rotatable bonds is 9. The van der Waals surface area contributed by atoms with E-state index in [1.54, 1.807) is 19.5 Å². The van der Waals surface area contributed by atoms with Crippen molar-refractivity contribution in [1.29, 1.82) is 0 Å². The standard InChI is InChI=1S/C31H36N9O2P/c1-6-20-17-34-31(38-30(20)36-24-8-7-23-28(29(24)43(4)5)33-10-9-32-23)37-25-15-22(21-18-35-39(2)19-21)26(16-27(25)41-3)40-11-13-42-14-12-40/h7-10,15-19H,6,11-14H2,1-5H3,(H2,34,36,37,38). The van der Waals surface area contributed by atoms with Crippen LogP contribution >= 0.6 is 7.92 Å². The normalized spacial score (nSPS) is 13.5. The summed E-state index contributed by atoms with van der Waals surface area (Å²) in [4.78, 5) is 21.1. The Bertz CT molecular complexity index is 1750. The molecule has 5 aromatic rings. The first-order valence-corrected chi connectivity index (χ1v) is 16.5. The molecule has 0 amide bonds. The van der Waals surface area contributed by atoms with E-state index in [1.807, 2.05) is 36.4 Å². The number of ether oxygens (including phenoxy) is 2. The minimum atomic E-state index is -0.473. The molecule has 2 aromatic carbocycles. The molecule has 1 saturated heterocycles. The third kappa shape index (κ3) is 5.96.